The van der Waals surface area contributed by atoms with Crippen molar-refractivity contribution in [1.82, 2.24) is 0 Å². The quantitative estimate of drug-likeness (QED) is 0.787. The molecule has 0 N–H and O–H groups in total. The third-order valence-corrected chi connectivity index (χ3v) is 2.25. The van der Waals surface area contributed by atoms with Gasteiger partial charge in [0, 0.05) is 0 Å². The molecule has 6 nitrogen and oxygen atoms in total. The molecule has 0 fully saturated rings. The summed E-state index contributed by atoms with van der Waals surface area (Å²) in [5.41, 5.74) is 0. The van der Waals surface area contributed by atoms with Gasteiger partial charge < -0.3 is 18.3 Å². The molecule has 0 unspecified atom stereocenters. The second-order valence-corrected chi connectivity index (χ2v) is 3.80. The molecule has 0 aliphatic heterocycles. The molecule has 0 spiro atoms. The van der Waals surface area contributed by atoms with Crippen LogP contribution >= 0.6 is 0 Å². The molecule has 0 aromatic carbocycles. The monoisotopic (exact) mass is 280 g/mol. The van der Waals surface area contributed by atoms with Crippen LogP contribution in [0.15, 0.2) is 33.1 Å². The van der Waals surface area contributed by atoms with Crippen molar-refractivity contribution in [3.63, 3.8) is 0 Å². The fourth-order valence-corrected chi connectivity index (χ4v) is 1.29. The van der Waals surface area contributed by atoms with Crippen molar-refractivity contribution in [1.29, 1.82) is 0 Å². The average molecular weight is 280 g/mol. The Morgan fingerprint density at radius 2 is 1.15 bits per heavy atom. The fourth-order valence-electron chi connectivity index (χ4n) is 1.29. The Balaban J connectivity index is 0.000000200. The zero-order chi connectivity index (χ0) is 15.1. The van der Waals surface area contributed by atoms with Crippen molar-refractivity contribution >= 4 is 11.9 Å². The molecule has 6 heteroatoms. The number of furan rings is 2. The van der Waals surface area contributed by atoms with E-state index in [1.807, 2.05) is 0 Å². The van der Waals surface area contributed by atoms with E-state index in [9.17, 15) is 9.59 Å². The summed E-state index contributed by atoms with van der Waals surface area (Å²) in [6, 6.07) is 6.60. The molecule has 0 atom stereocenters. The van der Waals surface area contributed by atoms with E-state index in [1.165, 1.54) is 14.2 Å². The minimum Gasteiger partial charge on any atom is -0.463 e. The lowest BCUT2D eigenvalue weighted by Gasteiger charge is -1.90. The van der Waals surface area contributed by atoms with Crippen LogP contribution in [0.2, 0.25) is 0 Å². The number of rotatable bonds is 2. The highest BCUT2D eigenvalue weighted by Crippen LogP contribution is 2.07. The second kappa shape index (κ2) is 7.18. The van der Waals surface area contributed by atoms with Crippen LogP contribution < -0.4 is 0 Å². The molecule has 0 aliphatic rings. The summed E-state index contributed by atoms with van der Waals surface area (Å²) < 4.78 is 18.8. The third-order valence-electron chi connectivity index (χ3n) is 2.25. The number of hydrogen-bond acceptors (Lipinski definition) is 6. The SMILES string of the molecule is COC(=O)c1ccc(C)o1.COC(=O)c1ccc(C)o1. The Bertz CT molecular complexity index is 526. The lowest BCUT2D eigenvalue weighted by molar-refractivity contribution is 0.0556. The highest BCUT2D eigenvalue weighted by atomic mass is 16.5. The molecule has 2 rings (SSSR count). The Labute approximate surface area is 116 Å². The maximum Gasteiger partial charge on any atom is 0.373 e. The molecule has 2 aromatic heterocycles. The second-order valence-electron chi connectivity index (χ2n) is 3.80. The first kappa shape index (κ1) is 15.6. The number of carbonyl (C=O) groups excluding carboxylic acids is 2. The molecular formula is C14H16O6. The standard InChI is InChI=1S/2C7H8O3/c2*1-5-3-4-6(10-5)7(8)9-2/h2*3-4H,1-2H3. The number of hydrogen-bond donors (Lipinski definition) is 0. The molecule has 0 aliphatic carbocycles. The van der Waals surface area contributed by atoms with E-state index in [0.29, 0.717) is 11.5 Å². The van der Waals surface area contributed by atoms with Gasteiger partial charge in [-0.3, -0.25) is 0 Å². The summed E-state index contributed by atoms with van der Waals surface area (Å²) >= 11 is 0. The van der Waals surface area contributed by atoms with E-state index in [2.05, 4.69) is 9.47 Å². The zero-order valence-corrected chi connectivity index (χ0v) is 11.8. The number of aryl methyl sites for hydroxylation is 2. The lowest BCUT2D eigenvalue weighted by atomic mass is 10.4. The van der Waals surface area contributed by atoms with Crippen molar-refractivity contribution in [3.8, 4) is 0 Å². The molecule has 0 radical (unpaired) electrons. The van der Waals surface area contributed by atoms with Crippen LogP contribution in [0.4, 0.5) is 0 Å². The highest BCUT2D eigenvalue weighted by Gasteiger charge is 2.08. The summed E-state index contributed by atoms with van der Waals surface area (Å²) in [5, 5.41) is 0. The summed E-state index contributed by atoms with van der Waals surface area (Å²) in [5.74, 6) is 1.04. The maximum absolute atomic E-state index is 10.7. The van der Waals surface area contributed by atoms with Gasteiger partial charge in [0.2, 0.25) is 11.5 Å². The van der Waals surface area contributed by atoms with Crippen LogP contribution in [-0.4, -0.2) is 26.2 Å². The van der Waals surface area contributed by atoms with E-state index >= 15 is 0 Å². The Kier molecular flexibility index (Phi) is 5.58. The Hall–Kier alpha value is -2.50. The lowest BCUT2D eigenvalue weighted by Crippen LogP contribution is -1.97. The van der Waals surface area contributed by atoms with E-state index in [4.69, 9.17) is 8.83 Å². The molecule has 0 amide bonds. The molecule has 0 saturated carbocycles. The molecule has 108 valence electrons. The minimum atomic E-state index is -0.437. The first-order chi connectivity index (χ1) is 9.47. The number of esters is 2. The molecule has 2 aromatic rings. The molecule has 0 bridgehead atoms. The highest BCUT2D eigenvalue weighted by molar-refractivity contribution is 5.86. The number of carbonyl (C=O) groups is 2. The van der Waals surface area contributed by atoms with Gasteiger partial charge in [-0.1, -0.05) is 0 Å². The van der Waals surface area contributed by atoms with Gasteiger partial charge >= 0.3 is 11.9 Å². The predicted molar refractivity (Wildman–Crippen MR) is 69.6 cm³/mol. The summed E-state index contributed by atoms with van der Waals surface area (Å²) in [6.07, 6.45) is 0. The van der Waals surface area contributed by atoms with Crippen LogP contribution in [-0.2, 0) is 9.47 Å². The van der Waals surface area contributed by atoms with Crippen molar-refractivity contribution in [2.75, 3.05) is 14.2 Å². The van der Waals surface area contributed by atoms with Gasteiger partial charge in [-0.15, -0.1) is 0 Å². The summed E-state index contributed by atoms with van der Waals surface area (Å²) in [4.78, 5) is 21.4. The first-order valence-electron chi connectivity index (χ1n) is 5.77. The van der Waals surface area contributed by atoms with Crippen molar-refractivity contribution in [3.05, 3.63) is 47.3 Å². The summed E-state index contributed by atoms with van der Waals surface area (Å²) in [7, 11) is 2.64. The first-order valence-corrected chi connectivity index (χ1v) is 5.77. The van der Waals surface area contributed by atoms with Crippen LogP contribution in [0.5, 0.6) is 0 Å². The fraction of sp³-hybridized carbons (Fsp3) is 0.286. The summed E-state index contributed by atoms with van der Waals surface area (Å²) in [6.45, 7) is 3.54. The van der Waals surface area contributed by atoms with Gasteiger partial charge in [0.1, 0.15) is 11.5 Å². The van der Waals surface area contributed by atoms with E-state index < -0.39 is 11.9 Å². The van der Waals surface area contributed by atoms with Crippen molar-refractivity contribution < 1.29 is 27.9 Å². The topological polar surface area (TPSA) is 78.9 Å². The Morgan fingerprint density at radius 3 is 1.35 bits per heavy atom. The largest absolute Gasteiger partial charge is 0.463 e. The molecular weight excluding hydrogens is 264 g/mol. The maximum atomic E-state index is 10.7. The minimum absolute atomic E-state index is 0.250. The van der Waals surface area contributed by atoms with Crippen LogP contribution in [0.3, 0.4) is 0 Å². The molecule has 20 heavy (non-hydrogen) atoms. The van der Waals surface area contributed by atoms with Gasteiger partial charge in [0.25, 0.3) is 0 Å². The van der Waals surface area contributed by atoms with E-state index in [0.717, 1.165) is 0 Å². The Morgan fingerprint density at radius 1 is 0.800 bits per heavy atom. The third kappa shape index (κ3) is 4.31. The van der Waals surface area contributed by atoms with Crippen LogP contribution in [0.25, 0.3) is 0 Å². The normalized spacial score (nSPS) is 9.40. The van der Waals surface area contributed by atoms with Gasteiger partial charge in [0.15, 0.2) is 0 Å². The predicted octanol–water partition coefficient (Wildman–Crippen LogP) is 2.75. The molecule has 2 heterocycles. The van der Waals surface area contributed by atoms with E-state index in [-0.39, 0.29) is 11.5 Å². The number of ether oxygens (including phenoxy) is 2. The van der Waals surface area contributed by atoms with Gasteiger partial charge in [-0.2, -0.15) is 0 Å². The van der Waals surface area contributed by atoms with Crippen LogP contribution in [0.1, 0.15) is 32.6 Å². The average Bonchev–Trinajstić information content (AvgIpc) is 3.06. The number of methoxy groups -OCH3 is 2. The smallest absolute Gasteiger partial charge is 0.373 e. The van der Waals surface area contributed by atoms with Gasteiger partial charge in [-0.05, 0) is 38.1 Å². The van der Waals surface area contributed by atoms with Crippen molar-refractivity contribution in [2.45, 2.75) is 13.8 Å². The van der Waals surface area contributed by atoms with Gasteiger partial charge in [0.05, 0.1) is 14.2 Å². The molecule has 0 saturated heterocycles. The van der Waals surface area contributed by atoms with Crippen LogP contribution in [0, 0.1) is 13.8 Å². The van der Waals surface area contributed by atoms with Gasteiger partial charge in [-0.25, -0.2) is 9.59 Å². The van der Waals surface area contributed by atoms with Crippen molar-refractivity contribution in [2.24, 2.45) is 0 Å². The van der Waals surface area contributed by atoms with E-state index in [1.54, 1.807) is 38.1 Å². The zero-order valence-electron chi connectivity index (χ0n) is 11.8.